The molecule has 0 aromatic carbocycles. The van der Waals surface area contributed by atoms with Crippen LogP contribution in [0, 0.1) is 0 Å². The molecule has 1 unspecified atom stereocenters. The summed E-state index contributed by atoms with van der Waals surface area (Å²) in [6.45, 7) is 2.46. The number of amides is 1. The molecule has 0 aromatic heterocycles. The molecule has 1 saturated carbocycles. The second-order valence-electron chi connectivity index (χ2n) is 4.74. The smallest absolute Gasteiger partial charge is 0.234 e. The standard InChI is InChI=1S/C11H21N3O/c1-14-6-2-3-10(14)7-13-11(15)8-12-9-4-5-9/h9-10,12H,2-8H2,1H3,(H,13,15). The first kappa shape index (κ1) is 10.9. The van der Waals surface area contributed by atoms with Crippen molar-refractivity contribution in [3.63, 3.8) is 0 Å². The Morgan fingerprint density at radius 1 is 1.40 bits per heavy atom. The minimum Gasteiger partial charge on any atom is -0.353 e. The Labute approximate surface area is 91.4 Å². The zero-order valence-corrected chi connectivity index (χ0v) is 9.46. The maximum atomic E-state index is 11.4. The Hall–Kier alpha value is -0.610. The summed E-state index contributed by atoms with van der Waals surface area (Å²) in [6, 6.07) is 1.17. The Balaban J connectivity index is 1.57. The molecule has 4 nitrogen and oxygen atoms in total. The molecule has 2 fully saturated rings. The van der Waals surface area contributed by atoms with Crippen LogP contribution in [0.25, 0.3) is 0 Å². The molecular formula is C11H21N3O. The molecular weight excluding hydrogens is 190 g/mol. The minimum absolute atomic E-state index is 0.141. The average Bonchev–Trinajstić information content (AvgIpc) is 2.96. The maximum absolute atomic E-state index is 11.4. The van der Waals surface area contributed by atoms with E-state index in [0.717, 1.165) is 6.54 Å². The first-order chi connectivity index (χ1) is 7.25. The lowest BCUT2D eigenvalue weighted by Crippen LogP contribution is -2.42. The van der Waals surface area contributed by atoms with Crippen LogP contribution in [-0.4, -0.2) is 49.6 Å². The van der Waals surface area contributed by atoms with E-state index in [9.17, 15) is 4.79 Å². The highest BCUT2D eigenvalue weighted by Crippen LogP contribution is 2.18. The van der Waals surface area contributed by atoms with Gasteiger partial charge in [-0.3, -0.25) is 4.79 Å². The number of likely N-dealkylation sites (tertiary alicyclic amines) is 1. The molecule has 1 aliphatic carbocycles. The van der Waals surface area contributed by atoms with E-state index < -0.39 is 0 Å². The summed E-state index contributed by atoms with van der Waals surface area (Å²) in [4.78, 5) is 13.8. The monoisotopic (exact) mass is 211 g/mol. The van der Waals surface area contributed by atoms with Gasteiger partial charge in [-0.05, 0) is 39.3 Å². The molecule has 2 N–H and O–H groups in total. The zero-order chi connectivity index (χ0) is 10.7. The van der Waals surface area contributed by atoms with Crippen molar-refractivity contribution in [1.29, 1.82) is 0 Å². The van der Waals surface area contributed by atoms with Gasteiger partial charge in [0, 0.05) is 18.6 Å². The highest BCUT2D eigenvalue weighted by Gasteiger charge is 2.23. The zero-order valence-electron chi connectivity index (χ0n) is 9.46. The summed E-state index contributed by atoms with van der Waals surface area (Å²) < 4.78 is 0. The van der Waals surface area contributed by atoms with Crippen LogP contribution in [-0.2, 0) is 4.79 Å². The normalized spacial score (nSPS) is 26.9. The fraction of sp³-hybridized carbons (Fsp3) is 0.909. The largest absolute Gasteiger partial charge is 0.353 e. The number of nitrogens with zero attached hydrogens (tertiary/aromatic N) is 1. The van der Waals surface area contributed by atoms with Crippen molar-refractivity contribution < 1.29 is 4.79 Å². The van der Waals surface area contributed by atoms with Gasteiger partial charge in [0.05, 0.1) is 6.54 Å². The van der Waals surface area contributed by atoms with E-state index in [1.165, 1.54) is 32.2 Å². The topological polar surface area (TPSA) is 44.4 Å². The van der Waals surface area contributed by atoms with Gasteiger partial charge in [0.2, 0.25) is 5.91 Å². The Morgan fingerprint density at radius 2 is 2.20 bits per heavy atom. The van der Waals surface area contributed by atoms with Crippen LogP contribution in [0.4, 0.5) is 0 Å². The van der Waals surface area contributed by atoms with Crippen LogP contribution in [0.2, 0.25) is 0 Å². The number of nitrogens with one attached hydrogen (secondary N) is 2. The van der Waals surface area contributed by atoms with E-state index in [0.29, 0.717) is 18.6 Å². The van der Waals surface area contributed by atoms with Crippen molar-refractivity contribution in [2.24, 2.45) is 0 Å². The Morgan fingerprint density at radius 3 is 2.80 bits per heavy atom. The highest BCUT2D eigenvalue weighted by molar-refractivity contribution is 5.78. The van der Waals surface area contributed by atoms with Gasteiger partial charge in [-0.15, -0.1) is 0 Å². The lowest BCUT2D eigenvalue weighted by molar-refractivity contribution is -0.120. The summed E-state index contributed by atoms with van der Waals surface area (Å²) in [7, 11) is 2.13. The fourth-order valence-electron chi connectivity index (χ4n) is 2.06. The molecule has 86 valence electrons. The molecule has 1 amide bonds. The van der Waals surface area contributed by atoms with Crippen LogP contribution in [0.5, 0.6) is 0 Å². The van der Waals surface area contributed by atoms with Crippen LogP contribution in [0.1, 0.15) is 25.7 Å². The van der Waals surface area contributed by atoms with Gasteiger partial charge in [-0.25, -0.2) is 0 Å². The van der Waals surface area contributed by atoms with E-state index >= 15 is 0 Å². The molecule has 1 aliphatic heterocycles. The summed E-state index contributed by atoms with van der Waals surface area (Å²) in [5.74, 6) is 0.141. The van der Waals surface area contributed by atoms with Crippen LogP contribution in [0.15, 0.2) is 0 Å². The first-order valence-corrected chi connectivity index (χ1v) is 5.96. The fourth-order valence-corrected chi connectivity index (χ4v) is 2.06. The predicted molar refractivity (Wildman–Crippen MR) is 59.7 cm³/mol. The SMILES string of the molecule is CN1CCCC1CNC(=O)CNC1CC1. The Bertz CT molecular complexity index is 228. The second-order valence-corrected chi connectivity index (χ2v) is 4.74. The molecule has 1 heterocycles. The number of carbonyl (C=O) groups is 1. The maximum Gasteiger partial charge on any atom is 0.234 e. The van der Waals surface area contributed by atoms with E-state index in [2.05, 4.69) is 22.6 Å². The molecule has 0 bridgehead atoms. The molecule has 2 rings (SSSR count). The average molecular weight is 211 g/mol. The highest BCUT2D eigenvalue weighted by atomic mass is 16.1. The molecule has 0 radical (unpaired) electrons. The quantitative estimate of drug-likeness (QED) is 0.670. The van der Waals surface area contributed by atoms with E-state index in [4.69, 9.17) is 0 Å². The van der Waals surface area contributed by atoms with Gasteiger partial charge in [0.15, 0.2) is 0 Å². The molecule has 0 aromatic rings. The minimum atomic E-state index is 0.141. The van der Waals surface area contributed by atoms with Crippen molar-refractivity contribution in [2.75, 3.05) is 26.7 Å². The van der Waals surface area contributed by atoms with Gasteiger partial charge in [-0.1, -0.05) is 0 Å². The molecule has 2 aliphatic rings. The molecule has 1 atom stereocenters. The molecule has 15 heavy (non-hydrogen) atoms. The lowest BCUT2D eigenvalue weighted by atomic mass is 10.2. The van der Waals surface area contributed by atoms with Crippen molar-refractivity contribution in [2.45, 2.75) is 37.8 Å². The summed E-state index contributed by atoms with van der Waals surface area (Å²) in [6.07, 6.45) is 4.95. The third kappa shape index (κ3) is 3.47. The number of likely N-dealkylation sites (N-methyl/N-ethyl adjacent to an activating group) is 1. The van der Waals surface area contributed by atoms with Gasteiger partial charge >= 0.3 is 0 Å². The number of rotatable bonds is 5. The lowest BCUT2D eigenvalue weighted by Gasteiger charge is -2.19. The predicted octanol–water partition coefficient (Wildman–Crippen LogP) is -0.0512. The van der Waals surface area contributed by atoms with E-state index in [1.807, 2.05) is 0 Å². The number of hydrogen-bond donors (Lipinski definition) is 2. The van der Waals surface area contributed by atoms with Crippen LogP contribution >= 0.6 is 0 Å². The van der Waals surface area contributed by atoms with Gasteiger partial charge in [0.25, 0.3) is 0 Å². The summed E-state index contributed by atoms with van der Waals surface area (Å²) >= 11 is 0. The van der Waals surface area contributed by atoms with Crippen molar-refractivity contribution in [3.05, 3.63) is 0 Å². The van der Waals surface area contributed by atoms with Gasteiger partial charge < -0.3 is 15.5 Å². The van der Waals surface area contributed by atoms with Crippen LogP contribution < -0.4 is 10.6 Å². The third-order valence-electron chi connectivity index (χ3n) is 3.34. The summed E-state index contributed by atoms with van der Waals surface area (Å²) in [5.41, 5.74) is 0. The van der Waals surface area contributed by atoms with E-state index in [-0.39, 0.29) is 5.91 Å². The van der Waals surface area contributed by atoms with Crippen molar-refractivity contribution >= 4 is 5.91 Å². The summed E-state index contributed by atoms with van der Waals surface area (Å²) in [5, 5.41) is 6.21. The van der Waals surface area contributed by atoms with E-state index in [1.54, 1.807) is 0 Å². The van der Waals surface area contributed by atoms with Gasteiger partial charge in [-0.2, -0.15) is 0 Å². The van der Waals surface area contributed by atoms with Crippen molar-refractivity contribution in [3.8, 4) is 0 Å². The first-order valence-electron chi connectivity index (χ1n) is 5.96. The second kappa shape index (κ2) is 4.94. The molecule has 4 heteroatoms. The number of carbonyl (C=O) groups excluding carboxylic acids is 1. The molecule has 0 spiro atoms. The Kier molecular flexibility index (Phi) is 3.59. The van der Waals surface area contributed by atoms with Gasteiger partial charge in [0.1, 0.15) is 0 Å². The third-order valence-corrected chi connectivity index (χ3v) is 3.34. The molecule has 1 saturated heterocycles. The van der Waals surface area contributed by atoms with Crippen LogP contribution in [0.3, 0.4) is 0 Å². The van der Waals surface area contributed by atoms with Crippen molar-refractivity contribution in [1.82, 2.24) is 15.5 Å². The number of hydrogen-bond acceptors (Lipinski definition) is 3.